The number of fused-ring (bicyclic) bond motifs is 1. The Balaban J connectivity index is 1.45. The van der Waals surface area contributed by atoms with Crippen LogP contribution in [-0.2, 0) is 0 Å². The highest BCUT2D eigenvalue weighted by molar-refractivity contribution is 6.34. The van der Waals surface area contributed by atoms with Crippen molar-refractivity contribution in [3.63, 3.8) is 0 Å². The number of aryl methyl sites for hydroxylation is 1. The van der Waals surface area contributed by atoms with E-state index in [4.69, 9.17) is 16.3 Å². The smallest absolute Gasteiger partial charge is 0.300 e. The summed E-state index contributed by atoms with van der Waals surface area (Å²) in [6.07, 6.45) is 0. The standard InChI is InChI=1S/C28H21ClN2O3/c1-16-7-12-20(13-22(16)17(2)32)34-28-30-25-14-23(24(29)15-26(25)31-28)19-10-8-18(9-11-19)21-5-3-4-6-27(21)33/h3-15,33H,1-2H3,(H,30,31). The molecule has 5 rings (SSSR count). The molecule has 4 aromatic carbocycles. The van der Waals surface area contributed by atoms with Gasteiger partial charge in [0.05, 0.1) is 16.1 Å². The van der Waals surface area contributed by atoms with Crippen molar-refractivity contribution in [2.24, 2.45) is 0 Å². The number of benzene rings is 4. The molecule has 168 valence electrons. The molecule has 5 nitrogen and oxygen atoms in total. The van der Waals surface area contributed by atoms with E-state index in [9.17, 15) is 9.90 Å². The quantitative estimate of drug-likeness (QED) is 0.261. The number of aromatic amines is 1. The first-order valence-electron chi connectivity index (χ1n) is 10.8. The van der Waals surface area contributed by atoms with Crippen LogP contribution in [0.4, 0.5) is 0 Å². The lowest BCUT2D eigenvalue weighted by molar-refractivity contribution is 0.101. The van der Waals surface area contributed by atoms with Crippen molar-refractivity contribution < 1.29 is 14.6 Å². The van der Waals surface area contributed by atoms with E-state index in [0.717, 1.165) is 33.3 Å². The van der Waals surface area contributed by atoms with Crippen LogP contribution in [0, 0.1) is 6.92 Å². The van der Waals surface area contributed by atoms with Crippen LogP contribution in [-0.4, -0.2) is 20.9 Å². The lowest BCUT2D eigenvalue weighted by atomic mass is 9.99. The fourth-order valence-corrected chi connectivity index (χ4v) is 4.25. The van der Waals surface area contributed by atoms with Crippen molar-refractivity contribution in [1.82, 2.24) is 9.97 Å². The summed E-state index contributed by atoms with van der Waals surface area (Å²) < 4.78 is 5.88. The molecule has 0 atom stereocenters. The first-order valence-corrected chi connectivity index (χ1v) is 11.1. The minimum Gasteiger partial charge on any atom is -0.507 e. The second-order valence-corrected chi connectivity index (χ2v) is 8.53. The molecule has 0 saturated carbocycles. The molecule has 1 heterocycles. The van der Waals surface area contributed by atoms with Crippen molar-refractivity contribution in [1.29, 1.82) is 0 Å². The fourth-order valence-electron chi connectivity index (χ4n) is 3.98. The van der Waals surface area contributed by atoms with Gasteiger partial charge >= 0.3 is 0 Å². The van der Waals surface area contributed by atoms with Gasteiger partial charge in [-0.1, -0.05) is 60.1 Å². The summed E-state index contributed by atoms with van der Waals surface area (Å²) in [6.45, 7) is 3.42. The monoisotopic (exact) mass is 468 g/mol. The molecule has 6 heteroatoms. The SMILES string of the molecule is CC(=O)c1cc(Oc2nc3cc(-c4ccc(-c5ccccc5O)cc4)c(Cl)cc3[nH]2)ccc1C. The lowest BCUT2D eigenvalue weighted by Gasteiger charge is -2.08. The Hall–Kier alpha value is -4.09. The average molecular weight is 469 g/mol. The number of H-pyrrole nitrogens is 1. The van der Waals surface area contributed by atoms with Gasteiger partial charge in [-0.05, 0) is 60.9 Å². The Morgan fingerprint density at radius 3 is 2.35 bits per heavy atom. The molecule has 0 aliphatic rings. The molecule has 5 aromatic rings. The number of para-hydroxylation sites is 1. The number of aromatic nitrogens is 2. The van der Waals surface area contributed by atoms with Gasteiger partial charge in [-0.3, -0.25) is 4.79 Å². The number of nitrogens with zero attached hydrogens (tertiary/aromatic N) is 1. The number of aromatic hydroxyl groups is 1. The lowest BCUT2D eigenvalue weighted by Crippen LogP contribution is -1.97. The van der Waals surface area contributed by atoms with Crippen LogP contribution in [0.5, 0.6) is 17.5 Å². The first kappa shape index (κ1) is 21.7. The van der Waals surface area contributed by atoms with E-state index in [1.165, 1.54) is 6.92 Å². The Morgan fingerprint density at radius 2 is 1.65 bits per heavy atom. The normalized spacial score (nSPS) is 11.0. The number of nitrogens with one attached hydrogen (secondary N) is 1. The predicted octanol–water partition coefficient (Wildman–Crippen LogP) is 7.56. The molecule has 0 aliphatic heterocycles. The highest BCUT2D eigenvalue weighted by Crippen LogP contribution is 2.35. The largest absolute Gasteiger partial charge is 0.507 e. The zero-order valence-corrected chi connectivity index (χ0v) is 19.4. The maximum Gasteiger partial charge on any atom is 0.300 e. The van der Waals surface area contributed by atoms with Crippen molar-refractivity contribution in [3.8, 4) is 39.8 Å². The number of imidazole rings is 1. The molecule has 0 amide bonds. The Bertz CT molecular complexity index is 1540. The molecule has 0 spiro atoms. The molecule has 0 fully saturated rings. The van der Waals surface area contributed by atoms with Crippen LogP contribution < -0.4 is 4.74 Å². The summed E-state index contributed by atoms with van der Waals surface area (Å²) in [7, 11) is 0. The van der Waals surface area contributed by atoms with E-state index in [1.807, 2.05) is 61.5 Å². The number of hydrogen-bond donors (Lipinski definition) is 2. The van der Waals surface area contributed by atoms with E-state index < -0.39 is 0 Å². The van der Waals surface area contributed by atoms with Crippen LogP contribution in [0.3, 0.4) is 0 Å². The topological polar surface area (TPSA) is 75.2 Å². The highest BCUT2D eigenvalue weighted by atomic mass is 35.5. The van der Waals surface area contributed by atoms with Gasteiger partial charge in [0, 0.05) is 16.7 Å². The summed E-state index contributed by atoms with van der Waals surface area (Å²) in [6, 6.07) is 24.5. The predicted molar refractivity (Wildman–Crippen MR) is 135 cm³/mol. The van der Waals surface area contributed by atoms with Crippen molar-refractivity contribution in [2.75, 3.05) is 0 Å². The second-order valence-electron chi connectivity index (χ2n) is 8.12. The van der Waals surface area contributed by atoms with Crippen molar-refractivity contribution >= 4 is 28.4 Å². The summed E-state index contributed by atoms with van der Waals surface area (Å²) in [5.41, 5.74) is 6.42. The van der Waals surface area contributed by atoms with E-state index in [2.05, 4.69) is 9.97 Å². The number of carbonyl (C=O) groups is 1. The maximum atomic E-state index is 11.8. The van der Waals surface area contributed by atoms with Crippen LogP contribution in [0.15, 0.2) is 78.9 Å². The number of rotatable bonds is 5. The van der Waals surface area contributed by atoms with Gasteiger partial charge in [-0.2, -0.15) is 4.98 Å². The number of phenols is 1. The van der Waals surface area contributed by atoms with Crippen LogP contribution >= 0.6 is 11.6 Å². The minimum atomic E-state index is -0.0162. The highest BCUT2D eigenvalue weighted by Gasteiger charge is 2.13. The van der Waals surface area contributed by atoms with Gasteiger partial charge in [-0.25, -0.2) is 0 Å². The molecule has 1 aromatic heterocycles. The molecule has 0 bridgehead atoms. The Labute approximate surface area is 201 Å². The van der Waals surface area contributed by atoms with Gasteiger partial charge in [0.2, 0.25) is 0 Å². The Morgan fingerprint density at radius 1 is 0.941 bits per heavy atom. The minimum absolute atomic E-state index is 0.0162. The summed E-state index contributed by atoms with van der Waals surface area (Å²) >= 11 is 6.60. The van der Waals surface area contributed by atoms with Gasteiger partial charge in [0.1, 0.15) is 11.5 Å². The van der Waals surface area contributed by atoms with Crippen molar-refractivity contribution in [3.05, 3.63) is 95.0 Å². The van der Waals surface area contributed by atoms with Crippen molar-refractivity contribution in [2.45, 2.75) is 13.8 Å². The molecular formula is C28H21ClN2O3. The number of ketones is 1. The maximum absolute atomic E-state index is 11.8. The number of phenolic OH excluding ortho intramolecular Hbond substituents is 1. The van der Waals surface area contributed by atoms with Crippen LogP contribution in [0.25, 0.3) is 33.3 Å². The van der Waals surface area contributed by atoms with E-state index in [0.29, 0.717) is 27.9 Å². The molecule has 34 heavy (non-hydrogen) atoms. The van der Waals surface area contributed by atoms with Crippen LogP contribution in [0.1, 0.15) is 22.8 Å². The number of Topliss-reactive ketones (excluding diaryl/α,β-unsaturated/α-hetero) is 1. The zero-order valence-electron chi connectivity index (χ0n) is 18.6. The van der Waals surface area contributed by atoms with E-state index in [1.54, 1.807) is 24.3 Å². The molecule has 0 aliphatic carbocycles. The van der Waals surface area contributed by atoms with Gasteiger partial charge in [0.25, 0.3) is 6.01 Å². The second kappa shape index (κ2) is 8.69. The average Bonchev–Trinajstić information content (AvgIpc) is 3.21. The zero-order chi connectivity index (χ0) is 23.8. The number of halogens is 1. The summed E-state index contributed by atoms with van der Waals surface area (Å²) in [5, 5.41) is 10.7. The third-order valence-corrected chi connectivity index (χ3v) is 6.08. The molecule has 0 radical (unpaired) electrons. The molecule has 2 N–H and O–H groups in total. The third kappa shape index (κ3) is 4.14. The number of ether oxygens (including phenoxy) is 1. The van der Waals surface area contributed by atoms with Gasteiger partial charge in [-0.15, -0.1) is 0 Å². The molecular weight excluding hydrogens is 448 g/mol. The van der Waals surface area contributed by atoms with Crippen LogP contribution in [0.2, 0.25) is 5.02 Å². The third-order valence-electron chi connectivity index (χ3n) is 5.76. The number of hydrogen-bond acceptors (Lipinski definition) is 4. The molecule has 0 unspecified atom stereocenters. The van der Waals surface area contributed by atoms with E-state index >= 15 is 0 Å². The molecule has 0 saturated heterocycles. The Kier molecular flexibility index (Phi) is 5.56. The first-order chi connectivity index (χ1) is 16.4. The summed E-state index contributed by atoms with van der Waals surface area (Å²) in [5.74, 6) is 0.751. The van der Waals surface area contributed by atoms with Gasteiger partial charge in [0.15, 0.2) is 5.78 Å². The van der Waals surface area contributed by atoms with E-state index in [-0.39, 0.29) is 11.5 Å². The fraction of sp³-hybridized carbons (Fsp3) is 0.0714. The van der Waals surface area contributed by atoms with Gasteiger partial charge < -0.3 is 14.8 Å². The number of carbonyl (C=O) groups excluding carboxylic acids is 1. The summed E-state index contributed by atoms with van der Waals surface area (Å²) in [4.78, 5) is 19.5.